The molecule has 1 aromatic rings. The number of rotatable bonds is 2. The van der Waals surface area contributed by atoms with Gasteiger partial charge in [0.25, 0.3) is 0 Å². The Labute approximate surface area is 122 Å². The Morgan fingerprint density at radius 1 is 1.35 bits per heavy atom. The number of halogens is 1. The fourth-order valence-corrected chi connectivity index (χ4v) is 2.72. The number of nitrogens with zero attached hydrogens (tertiary/aromatic N) is 2. The first kappa shape index (κ1) is 14.7. The summed E-state index contributed by atoms with van der Waals surface area (Å²) in [4.78, 5) is 27.2. The SMILES string of the molecule is CN1CCN(c2ccc(Cl)cc2C(=O)O)C(C)(C)C1=O. The monoisotopic (exact) mass is 296 g/mol. The number of hydrogen-bond acceptors (Lipinski definition) is 3. The Balaban J connectivity index is 2.51. The number of carbonyl (C=O) groups excluding carboxylic acids is 1. The van der Waals surface area contributed by atoms with E-state index in [2.05, 4.69) is 0 Å². The first-order valence-corrected chi connectivity index (χ1v) is 6.69. The van der Waals surface area contributed by atoms with Crippen LogP contribution in [0, 0.1) is 0 Å². The van der Waals surface area contributed by atoms with Crippen molar-refractivity contribution >= 4 is 29.2 Å². The Hall–Kier alpha value is -1.75. The van der Waals surface area contributed by atoms with Gasteiger partial charge in [0.05, 0.1) is 11.3 Å². The third-order valence-corrected chi connectivity index (χ3v) is 3.92. The van der Waals surface area contributed by atoms with E-state index in [1.807, 2.05) is 4.90 Å². The first-order chi connectivity index (χ1) is 9.25. The van der Waals surface area contributed by atoms with E-state index >= 15 is 0 Å². The Kier molecular flexibility index (Phi) is 3.65. The normalized spacial score (nSPS) is 18.3. The maximum absolute atomic E-state index is 12.3. The van der Waals surface area contributed by atoms with Crippen molar-refractivity contribution in [2.45, 2.75) is 19.4 Å². The minimum atomic E-state index is -1.05. The average molecular weight is 297 g/mol. The summed E-state index contributed by atoms with van der Waals surface area (Å²) in [6, 6.07) is 4.71. The number of benzene rings is 1. The predicted molar refractivity (Wildman–Crippen MR) is 77.5 cm³/mol. The number of aromatic carboxylic acids is 1. The summed E-state index contributed by atoms with van der Waals surface area (Å²) < 4.78 is 0. The third-order valence-electron chi connectivity index (χ3n) is 3.68. The largest absolute Gasteiger partial charge is 0.478 e. The minimum Gasteiger partial charge on any atom is -0.478 e. The molecule has 108 valence electrons. The molecule has 1 saturated heterocycles. The van der Waals surface area contributed by atoms with Crippen molar-refractivity contribution in [3.8, 4) is 0 Å². The van der Waals surface area contributed by atoms with E-state index in [1.54, 1.807) is 37.9 Å². The molecule has 1 amide bonds. The van der Waals surface area contributed by atoms with Crippen LogP contribution in [0.3, 0.4) is 0 Å². The van der Waals surface area contributed by atoms with Gasteiger partial charge < -0.3 is 14.9 Å². The van der Waals surface area contributed by atoms with Gasteiger partial charge in [-0.05, 0) is 32.0 Å². The molecule has 6 heteroatoms. The summed E-state index contributed by atoms with van der Waals surface area (Å²) in [6.45, 7) is 4.73. The van der Waals surface area contributed by atoms with E-state index in [-0.39, 0.29) is 11.5 Å². The highest BCUT2D eigenvalue weighted by Crippen LogP contribution is 2.32. The van der Waals surface area contributed by atoms with Crippen LogP contribution in [0.1, 0.15) is 24.2 Å². The fraction of sp³-hybridized carbons (Fsp3) is 0.429. The molecular weight excluding hydrogens is 280 g/mol. The van der Waals surface area contributed by atoms with Gasteiger partial charge in [0.2, 0.25) is 5.91 Å². The van der Waals surface area contributed by atoms with E-state index in [4.69, 9.17) is 11.6 Å². The van der Waals surface area contributed by atoms with Crippen LogP contribution < -0.4 is 4.90 Å². The lowest BCUT2D eigenvalue weighted by Gasteiger charge is -2.46. The van der Waals surface area contributed by atoms with E-state index in [0.29, 0.717) is 23.8 Å². The molecule has 5 nitrogen and oxygen atoms in total. The van der Waals surface area contributed by atoms with Gasteiger partial charge in [0, 0.05) is 25.2 Å². The Bertz CT molecular complexity index is 572. The number of carboxylic acids is 1. The first-order valence-electron chi connectivity index (χ1n) is 6.31. The molecule has 0 bridgehead atoms. The molecule has 1 aliphatic rings. The van der Waals surface area contributed by atoms with Crippen LogP contribution in [-0.2, 0) is 4.79 Å². The van der Waals surface area contributed by atoms with Gasteiger partial charge in [0.15, 0.2) is 0 Å². The van der Waals surface area contributed by atoms with Crippen LogP contribution in [0.2, 0.25) is 5.02 Å². The maximum Gasteiger partial charge on any atom is 0.337 e. The summed E-state index contributed by atoms with van der Waals surface area (Å²) in [5.74, 6) is -1.08. The van der Waals surface area contributed by atoms with E-state index in [9.17, 15) is 14.7 Å². The lowest BCUT2D eigenvalue weighted by atomic mass is 9.95. The second-order valence-electron chi connectivity index (χ2n) is 5.40. The topological polar surface area (TPSA) is 60.9 Å². The van der Waals surface area contributed by atoms with Crippen molar-refractivity contribution in [2.75, 3.05) is 25.0 Å². The molecule has 1 N–H and O–H groups in total. The average Bonchev–Trinajstić information content (AvgIpc) is 2.37. The number of anilines is 1. The second-order valence-corrected chi connectivity index (χ2v) is 5.84. The quantitative estimate of drug-likeness (QED) is 0.908. The molecule has 0 radical (unpaired) electrons. The fourth-order valence-electron chi connectivity index (χ4n) is 2.55. The molecule has 1 aromatic carbocycles. The standard InChI is InChI=1S/C14H17ClN2O3/c1-14(2)13(20)16(3)6-7-17(14)11-5-4-9(15)8-10(11)12(18)19/h4-5,8H,6-7H2,1-3H3,(H,18,19). The van der Waals surface area contributed by atoms with Crippen molar-refractivity contribution in [2.24, 2.45) is 0 Å². The molecule has 0 aliphatic carbocycles. The third kappa shape index (κ3) is 2.33. The number of carbonyl (C=O) groups is 2. The van der Waals surface area contributed by atoms with Gasteiger partial charge in [-0.15, -0.1) is 0 Å². The van der Waals surface area contributed by atoms with Gasteiger partial charge in [-0.3, -0.25) is 4.79 Å². The number of likely N-dealkylation sites (N-methyl/N-ethyl adjacent to an activating group) is 1. The highest BCUT2D eigenvalue weighted by atomic mass is 35.5. The van der Waals surface area contributed by atoms with Crippen molar-refractivity contribution in [3.05, 3.63) is 28.8 Å². The van der Waals surface area contributed by atoms with Crippen LogP contribution >= 0.6 is 11.6 Å². The molecule has 0 spiro atoms. The second kappa shape index (κ2) is 4.98. The summed E-state index contributed by atoms with van der Waals surface area (Å²) in [6.07, 6.45) is 0. The molecule has 0 atom stereocenters. The molecule has 2 rings (SSSR count). The molecule has 20 heavy (non-hydrogen) atoms. The van der Waals surface area contributed by atoms with Crippen molar-refractivity contribution in [1.82, 2.24) is 4.90 Å². The number of hydrogen-bond donors (Lipinski definition) is 1. The Morgan fingerprint density at radius 2 is 2.00 bits per heavy atom. The van der Waals surface area contributed by atoms with Crippen molar-refractivity contribution in [3.63, 3.8) is 0 Å². The zero-order valence-corrected chi connectivity index (χ0v) is 12.4. The van der Waals surface area contributed by atoms with E-state index in [1.165, 1.54) is 6.07 Å². The summed E-state index contributed by atoms with van der Waals surface area (Å²) in [7, 11) is 1.75. The number of amides is 1. The molecule has 1 heterocycles. The van der Waals surface area contributed by atoms with Crippen LogP contribution in [0.25, 0.3) is 0 Å². The molecule has 1 aliphatic heterocycles. The smallest absolute Gasteiger partial charge is 0.337 e. The predicted octanol–water partition coefficient (Wildman–Crippen LogP) is 2.10. The minimum absolute atomic E-state index is 0.0324. The van der Waals surface area contributed by atoms with Gasteiger partial charge >= 0.3 is 5.97 Å². The van der Waals surface area contributed by atoms with Crippen LogP contribution in [0.15, 0.2) is 18.2 Å². The zero-order chi connectivity index (χ0) is 15.1. The van der Waals surface area contributed by atoms with Gasteiger partial charge in [-0.2, -0.15) is 0 Å². The Morgan fingerprint density at radius 3 is 2.60 bits per heavy atom. The van der Waals surface area contributed by atoms with Crippen molar-refractivity contribution in [1.29, 1.82) is 0 Å². The van der Waals surface area contributed by atoms with Gasteiger partial charge in [-0.25, -0.2) is 4.79 Å². The number of piperazine rings is 1. The molecule has 0 unspecified atom stereocenters. The van der Waals surface area contributed by atoms with Crippen LogP contribution in [0.4, 0.5) is 5.69 Å². The van der Waals surface area contributed by atoms with Crippen molar-refractivity contribution < 1.29 is 14.7 Å². The molecule has 1 fully saturated rings. The highest BCUT2D eigenvalue weighted by Gasteiger charge is 2.41. The van der Waals surface area contributed by atoms with Gasteiger partial charge in [0.1, 0.15) is 5.54 Å². The van der Waals surface area contributed by atoms with Crippen LogP contribution in [0.5, 0.6) is 0 Å². The maximum atomic E-state index is 12.3. The lowest BCUT2D eigenvalue weighted by molar-refractivity contribution is -0.136. The number of carboxylic acid groups (broad SMARTS) is 1. The van der Waals surface area contributed by atoms with Gasteiger partial charge in [-0.1, -0.05) is 11.6 Å². The zero-order valence-electron chi connectivity index (χ0n) is 11.7. The van der Waals surface area contributed by atoms with E-state index < -0.39 is 11.5 Å². The summed E-state index contributed by atoms with van der Waals surface area (Å²) in [5.41, 5.74) is -0.151. The molecule has 0 saturated carbocycles. The summed E-state index contributed by atoms with van der Waals surface area (Å²) >= 11 is 5.87. The molecule has 0 aromatic heterocycles. The summed E-state index contributed by atoms with van der Waals surface area (Å²) in [5, 5.41) is 9.69. The highest BCUT2D eigenvalue weighted by molar-refractivity contribution is 6.31. The molecular formula is C14H17ClN2O3. The lowest BCUT2D eigenvalue weighted by Crippen LogP contribution is -2.62. The van der Waals surface area contributed by atoms with Crippen LogP contribution in [-0.4, -0.2) is 47.6 Å². The van der Waals surface area contributed by atoms with E-state index in [0.717, 1.165) is 0 Å².